The fourth-order valence-corrected chi connectivity index (χ4v) is 3.96. The molecule has 0 saturated carbocycles. The number of nitrogens with one attached hydrogen (secondary N) is 2. The number of carbonyl (C=O) groups excluding carboxylic acids is 2. The van der Waals surface area contributed by atoms with E-state index in [9.17, 15) is 9.59 Å². The first-order valence-corrected chi connectivity index (χ1v) is 10.3. The molecule has 29 heavy (non-hydrogen) atoms. The molecule has 0 spiro atoms. The zero-order valence-corrected chi connectivity index (χ0v) is 17.4. The second-order valence-electron chi connectivity index (χ2n) is 7.60. The molecular weight excluding hydrogens is 370 g/mol. The molecule has 0 aromatic heterocycles. The first kappa shape index (κ1) is 21.2. The van der Waals surface area contributed by atoms with Crippen molar-refractivity contribution in [2.75, 3.05) is 33.9 Å². The third-order valence-corrected chi connectivity index (χ3v) is 5.53. The Kier molecular flexibility index (Phi) is 7.52. The molecule has 3 rings (SSSR count). The Balaban J connectivity index is 1.44. The molecule has 0 bridgehead atoms. The Bertz CT molecular complexity index is 776. The predicted molar refractivity (Wildman–Crippen MR) is 111 cm³/mol. The largest absolute Gasteiger partial charge is 0.493 e. The highest BCUT2D eigenvalue weighted by Crippen LogP contribution is 2.33. The number of urea groups is 1. The van der Waals surface area contributed by atoms with Gasteiger partial charge >= 0.3 is 6.03 Å². The average molecular weight is 402 g/mol. The minimum atomic E-state index is -0.421. The summed E-state index contributed by atoms with van der Waals surface area (Å²) in [4.78, 5) is 26.3. The third kappa shape index (κ3) is 5.97. The third-order valence-electron chi connectivity index (χ3n) is 5.53. The lowest BCUT2D eigenvalue weighted by Gasteiger charge is -2.28. The van der Waals surface area contributed by atoms with E-state index in [0.29, 0.717) is 18.8 Å². The first-order valence-electron chi connectivity index (χ1n) is 10.3. The number of hydrogen-bond donors (Lipinski definition) is 2. The summed E-state index contributed by atoms with van der Waals surface area (Å²) in [5.74, 6) is 1.12. The van der Waals surface area contributed by atoms with Gasteiger partial charge in [-0.05, 0) is 61.8 Å². The Hall–Kier alpha value is -2.54. The summed E-state index contributed by atoms with van der Waals surface area (Å²) in [6, 6.07) is 3.54. The van der Waals surface area contributed by atoms with E-state index in [1.807, 2.05) is 17.0 Å². The number of fused-ring (bicyclic) bond motifs is 1. The van der Waals surface area contributed by atoms with Crippen LogP contribution in [0.1, 0.15) is 43.2 Å². The molecule has 3 amide bonds. The van der Waals surface area contributed by atoms with Gasteiger partial charge in [-0.25, -0.2) is 4.79 Å². The number of nitrogens with zero attached hydrogens (tertiary/aromatic N) is 1. The number of imide groups is 1. The number of benzene rings is 1. The summed E-state index contributed by atoms with van der Waals surface area (Å²) in [5, 5.41) is 5.22. The van der Waals surface area contributed by atoms with Crippen LogP contribution in [0.4, 0.5) is 4.79 Å². The molecule has 2 N–H and O–H groups in total. The van der Waals surface area contributed by atoms with Gasteiger partial charge in [0.1, 0.15) is 0 Å². The van der Waals surface area contributed by atoms with E-state index in [0.717, 1.165) is 43.5 Å². The maximum Gasteiger partial charge on any atom is 0.321 e. The fourth-order valence-electron chi connectivity index (χ4n) is 3.96. The number of ether oxygens (including phenoxy) is 2. The first-order chi connectivity index (χ1) is 14.1. The Labute approximate surface area is 172 Å². The highest BCUT2D eigenvalue weighted by Gasteiger charge is 2.21. The number of carbonyl (C=O) groups is 2. The van der Waals surface area contributed by atoms with Crippen LogP contribution in [-0.2, 0) is 17.8 Å². The number of hydrogen-bond acceptors (Lipinski definition) is 5. The van der Waals surface area contributed by atoms with Crippen molar-refractivity contribution in [2.45, 2.75) is 45.1 Å². The van der Waals surface area contributed by atoms with Crippen molar-refractivity contribution in [3.05, 3.63) is 34.9 Å². The van der Waals surface area contributed by atoms with Gasteiger partial charge in [-0.2, -0.15) is 0 Å². The highest BCUT2D eigenvalue weighted by molar-refractivity contribution is 5.95. The Morgan fingerprint density at radius 2 is 1.83 bits per heavy atom. The molecule has 1 aromatic rings. The molecule has 1 aromatic carbocycles. The Morgan fingerprint density at radius 1 is 1.07 bits per heavy atom. The molecule has 158 valence electrons. The molecular formula is C22H31N3O4. The van der Waals surface area contributed by atoms with Crippen LogP contribution in [0.25, 0.3) is 0 Å². The van der Waals surface area contributed by atoms with Gasteiger partial charge in [0, 0.05) is 19.6 Å². The summed E-state index contributed by atoms with van der Waals surface area (Å²) >= 11 is 0. The zero-order chi connectivity index (χ0) is 20.6. The topological polar surface area (TPSA) is 79.9 Å². The minimum Gasteiger partial charge on any atom is -0.493 e. The van der Waals surface area contributed by atoms with Gasteiger partial charge in [0.2, 0.25) is 5.91 Å². The van der Waals surface area contributed by atoms with E-state index in [1.54, 1.807) is 14.2 Å². The van der Waals surface area contributed by atoms with E-state index >= 15 is 0 Å². The molecule has 0 atom stereocenters. The van der Waals surface area contributed by atoms with Gasteiger partial charge in [-0.3, -0.25) is 15.0 Å². The van der Waals surface area contributed by atoms with Gasteiger partial charge in [-0.15, -0.1) is 0 Å². The van der Waals surface area contributed by atoms with E-state index < -0.39 is 6.03 Å². The van der Waals surface area contributed by atoms with Crippen LogP contribution in [0, 0.1) is 0 Å². The van der Waals surface area contributed by atoms with Crippen molar-refractivity contribution >= 4 is 11.9 Å². The van der Waals surface area contributed by atoms with Crippen LogP contribution in [-0.4, -0.2) is 50.7 Å². The molecule has 0 radical (unpaired) electrons. The molecule has 1 heterocycles. The number of allylic oxidation sites excluding steroid dienone is 1. The van der Waals surface area contributed by atoms with Crippen molar-refractivity contribution in [3.8, 4) is 11.5 Å². The molecule has 0 unspecified atom stereocenters. The van der Waals surface area contributed by atoms with Crippen molar-refractivity contribution in [2.24, 2.45) is 0 Å². The fraction of sp³-hybridized carbons (Fsp3) is 0.545. The van der Waals surface area contributed by atoms with Crippen molar-refractivity contribution in [1.29, 1.82) is 0 Å². The molecule has 1 aliphatic heterocycles. The van der Waals surface area contributed by atoms with E-state index in [2.05, 4.69) is 16.7 Å². The Morgan fingerprint density at radius 3 is 2.52 bits per heavy atom. The number of methoxy groups -OCH3 is 2. The monoisotopic (exact) mass is 401 g/mol. The van der Waals surface area contributed by atoms with Crippen molar-refractivity contribution < 1.29 is 19.1 Å². The zero-order valence-electron chi connectivity index (χ0n) is 17.4. The summed E-state index contributed by atoms with van der Waals surface area (Å²) < 4.78 is 10.7. The van der Waals surface area contributed by atoms with E-state index in [-0.39, 0.29) is 12.5 Å². The van der Waals surface area contributed by atoms with Crippen LogP contribution >= 0.6 is 0 Å². The van der Waals surface area contributed by atoms with Crippen LogP contribution in [0.3, 0.4) is 0 Å². The lowest BCUT2D eigenvalue weighted by atomic mass is 9.97. The molecule has 7 heteroatoms. The predicted octanol–water partition coefficient (Wildman–Crippen LogP) is 2.78. The average Bonchev–Trinajstić information content (AvgIpc) is 2.73. The van der Waals surface area contributed by atoms with Crippen molar-refractivity contribution in [3.63, 3.8) is 0 Å². The van der Waals surface area contributed by atoms with Crippen molar-refractivity contribution in [1.82, 2.24) is 15.5 Å². The number of amides is 3. The molecule has 1 aliphatic carbocycles. The number of rotatable bonds is 7. The summed E-state index contributed by atoms with van der Waals surface area (Å²) in [6.07, 6.45) is 8.70. The van der Waals surface area contributed by atoms with Crippen LogP contribution < -0.4 is 20.1 Å². The maximum atomic E-state index is 12.3. The van der Waals surface area contributed by atoms with Gasteiger partial charge in [0.25, 0.3) is 0 Å². The summed E-state index contributed by atoms with van der Waals surface area (Å²) in [6.45, 7) is 2.14. The van der Waals surface area contributed by atoms with Gasteiger partial charge in [0.05, 0.1) is 20.8 Å². The van der Waals surface area contributed by atoms with Crippen LogP contribution in [0.15, 0.2) is 23.8 Å². The lowest BCUT2D eigenvalue weighted by molar-refractivity contribution is -0.121. The minimum absolute atomic E-state index is 0.187. The molecule has 7 nitrogen and oxygen atoms in total. The van der Waals surface area contributed by atoms with Gasteiger partial charge in [-0.1, -0.05) is 11.6 Å². The second-order valence-corrected chi connectivity index (χ2v) is 7.60. The van der Waals surface area contributed by atoms with Gasteiger partial charge in [0.15, 0.2) is 11.5 Å². The quantitative estimate of drug-likeness (QED) is 0.687. The molecule has 2 aliphatic rings. The summed E-state index contributed by atoms with van der Waals surface area (Å²) in [5.41, 5.74) is 3.72. The normalized spacial score (nSPS) is 16.4. The standard InChI is InChI=1S/C22H31N3O4/c1-28-19-12-17-9-11-25(14-18(17)13-20(19)29-2)15-21(26)24-22(27)23-10-8-16-6-4-3-5-7-16/h6,12-13H,3-5,7-11,14-15H2,1-2H3,(H2,23,24,26,27). The lowest BCUT2D eigenvalue weighted by Crippen LogP contribution is -2.45. The SMILES string of the molecule is COc1cc2c(cc1OC)CN(CC(=O)NC(=O)NCCC1=CCCCC1)CC2. The summed E-state index contributed by atoms with van der Waals surface area (Å²) in [7, 11) is 3.24. The van der Waals surface area contributed by atoms with Crippen LogP contribution in [0.5, 0.6) is 11.5 Å². The van der Waals surface area contributed by atoms with E-state index in [1.165, 1.54) is 24.0 Å². The molecule has 0 saturated heterocycles. The van der Waals surface area contributed by atoms with Gasteiger partial charge < -0.3 is 14.8 Å². The van der Waals surface area contributed by atoms with Crippen LogP contribution in [0.2, 0.25) is 0 Å². The smallest absolute Gasteiger partial charge is 0.321 e. The molecule has 0 fully saturated rings. The highest BCUT2D eigenvalue weighted by atomic mass is 16.5. The van der Waals surface area contributed by atoms with E-state index in [4.69, 9.17) is 9.47 Å². The second kappa shape index (κ2) is 10.3. The maximum absolute atomic E-state index is 12.3.